The van der Waals surface area contributed by atoms with Gasteiger partial charge in [0, 0.05) is 5.15 Å². The van der Waals surface area contributed by atoms with E-state index in [4.69, 9.17) is 9.05 Å². The normalized spacial score (nSPS) is 4.50. The van der Waals surface area contributed by atoms with Crippen LogP contribution in [0.3, 0.4) is 0 Å². The molecule has 0 saturated carbocycles. The van der Waals surface area contributed by atoms with E-state index in [-0.39, 0.29) is 17.4 Å². The molecule has 0 amide bonds. The molecule has 0 N–H and O–H groups in total. The van der Waals surface area contributed by atoms with E-state index in [0.717, 1.165) is 0 Å². The first-order valence-corrected chi connectivity index (χ1v) is 0.309. The molecule has 0 aliphatic heterocycles. The number of hydrogen-bond donors (Lipinski definition) is 0. The largest absolute Gasteiger partial charge is 3.00 e. The van der Waals surface area contributed by atoms with Crippen LogP contribution in [0.15, 0.2) is 0 Å². The van der Waals surface area contributed by atoms with Crippen molar-refractivity contribution in [2.45, 2.75) is 0 Å². The van der Waals surface area contributed by atoms with E-state index in [1.807, 2.05) is 0 Å². The second-order valence-corrected chi connectivity index (χ2v) is 0.0583. The van der Waals surface area contributed by atoms with Crippen LogP contribution in [-0.4, -0.2) is 0 Å². The van der Waals surface area contributed by atoms with Crippen molar-refractivity contribution in [2.24, 2.45) is 0 Å². The third kappa shape index (κ3) is 34.6. The molecule has 0 saturated heterocycles. The van der Waals surface area contributed by atoms with E-state index in [1.54, 1.807) is 0 Å². The van der Waals surface area contributed by atoms with Gasteiger partial charge in [-0.3, -0.25) is 0 Å². The molecule has 0 fully saturated rings. The van der Waals surface area contributed by atoms with Gasteiger partial charge < -0.3 is 0 Å². The molecule has 0 heterocycles. The molecule has 1 nitrogen and oxygen atoms in total. The number of rotatable bonds is 0. The van der Waals surface area contributed by atoms with E-state index < -0.39 is 0 Å². The molecular weight excluding hydrogens is 106 g/mol. The van der Waals surface area contributed by atoms with Gasteiger partial charge in [-0.15, -0.1) is 0 Å². The Balaban J connectivity index is 0. The summed E-state index contributed by atoms with van der Waals surface area (Å²) in [6, 6.07) is 0. The molecule has 0 aromatic rings. The van der Waals surface area contributed by atoms with Crippen molar-refractivity contribution >= 4 is 0 Å². The van der Waals surface area contributed by atoms with Gasteiger partial charge in [0.15, 0.2) is 0 Å². The molecular formula is CrF2O+3. The zero-order chi connectivity index (χ0) is 2.71. The van der Waals surface area contributed by atoms with Crippen molar-refractivity contribution in [3.8, 4) is 0 Å². The molecule has 0 aromatic carbocycles. The van der Waals surface area contributed by atoms with Gasteiger partial charge >= 0.3 is 17.4 Å². The van der Waals surface area contributed by atoms with Gasteiger partial charge in [-0.25, -0.2) is 0 Å². The summed E-state index contributed by atoms with van der Waals surface area (Å²) in [4.78, 5) is 0. The molecule has 0 aromatic heterocycles. The van der Waals surface area contributed by atoms with Crippen LogP contribution in [0.2, 0.25) is 0 Å². The molecule has 0 aliphatic carbocycles. The molecule has 0 spiro atoms. The Morgan fingerprint density at radius 2 is 1.25 bits per heavy atom. The summed E-state index contributed by atoms with van der Waals surface area (Å²) in [5.74, 6) is 0. The van der Waals surface area contributed by atoms with Crippen molar-refractivity contribution in [1.82, 2.24) is 0 Å². The maximum absolute atomic E-state index is 9.12. The van der Waals surface area contributed by atoms with Crippen molar-refractivity contribution < 1.29 is 31.6 Å². The molecule has 23 valence electrons. The Morgan fingerprint density at radius 1 is 1.25 bits per heavy atom. The molecule has 4 heteroatoms. The maximum Gasteiger partial charge on any atom is 3.00 e. The minimum atomic E-state index is 0. The minimum absolute atomic E-state index is 0. The SMILES string of the molecule is FOF.[Cr+3]. The van der Waals surface area contributed by atoms with Gasteiger partial charge in [0.2, 0.25) is 0 Å². The summed E-state index contributed by atoms with van der Waals surface area (Å²) >= 11 is 0. The van der Waals surface area contributed by atoms with Crippen LogP contribution in [0.5, 0.6) is 0 Å². The molecule has 1 radical (unpaired) electrons. The van der Waals surface area contributed by atoms with Gasteiger partial charge in [0.05, 0.1) is 0 Å². The van der Waals surface area contributed by atoms with Gasteiger partial charge in [-0.1, -0.05) is 0 Å². The average molecular weight is 106 g/mol. The molecule has 4 heavy (non-hydrogen) atoms. The van der Waals surface area contributed by atoms with Crippen LogP contribution >= 0.6 is 0 Å². The fourth-order valence-corrected chi connectivity index (χ4v) is 0. The van der Waals surface area contributed by atoms with E-state index in [0.29, 0.717) is 0 Å². The first-order chi connectivity index (χ1) is 1.41. The number of halogens is 2. The quantitative estimate of drug-likeness (QED) is 0.443. The van der Waals surface area contributed by atoms with Gasteiger partial charge in [-0.2, -0.15) is 0 Å². The Kier molecular flexibility index (Phi) is 22.4. The molecule has 0 rings (SSSR count). The molecule has 0 aliphatic rings. The fourth-order valence-electron chi connectivity index (χ4n) is 0. The fraction of sp³-hybridized carbons (Fsp3) is 0. The minimum Gasteiger partial charge on any atom is -0.0104 e. The Hall–Kier alpha value is 0.352. The standard InChI is InChI=1S/Cr.F2O/c;1-3-2/q+3;. The van der Waals surface area contributed by atoms with Crippen molar-refractivity contribution in [2.75, 3.05) is 0 Å². The summed E-state index contributed by atoms with van der Waals surface area (Å²) in [5.41, 5.74) is 0. The van der Waals surface area contributed by atoms with E-state index in [2.05, 4.69) is 0 Å². The van der Waals surface area contributed by atoms with Gasteiger partial charge in [0.1, 0.15) is 0 Å². The smallest absolute Gasteiger partial charge is 0.0104 e. The van der Waals surface area contributed by atoms with Crippen LogP contribution in [0.4, 0.5) is 9.05 Å². The summed E-state index contributed by atoms with van der Waals surface area (Å²) in [6.07, 6.45) is 0. The topological polar surface area (TPSA) is 9.23 Å². The Morgan fingerprint density at radius 3 is 1.25 bits per heavy atom. The third-order valence-electron chi connectivity index (χ3n) is 0. The molecule has 0 atom stereocenters. The van der Waals surface area contributed by atoms with Crippen LogP contribution < -0.4 is 0 Å². The summed E-state index contributed by atoms with van der Waals surface area (Å²) in [7, 11) is 0. The zero-order valence-electron chi connectivity index (χ0n) is 1.57. The monoisotopic (exact) mass is 106 g/mol. The van der Waals surface area contributed by atoms with Crippen LogP contribution in [-0.2, 0) is 22.5 Å². The number of hydrogen-bond acceptors (Lipinski definition) is 1. The van der Waals surface area contributed by atoms with Crippen molar-refractivity contribution in [3.63, 3.8) is 0 Å². The maximum atomic E-state index is 9.12. The summed E-state index contributed by atoms with van der Waals surface area (Å²) in [6.45, 7) is 0. The summed E-state index contributed by atoms with van der Waals surface area (Å²) in [5, 5.41) is 1.25. The first kappa shape index (κ1) is 8.84. The van der Waals surface area contributed by atoms with Crippen molar-refractivity contribution in [1.29, 1.82) is 0 Å². The summed E-state index contributed by atoms with van der Waals surface area (Å²) < 4.78 is 18.2. The first-order valence-electron chi connectivity index (χ1n) is 0.309. The second kappa shape index (κ2) is 10.1. The van der Waals surface area contributed by atoms with Crippen molar-refractivity contribution in [3.05, 3.63) is 0 Å². The molecule has 0 bridgehead atoms. The predicted octanol–water partition coefficient (Wildman–Crippen LogP) is 0.770. The average Bonchev–Trinajstić information content (AvgIpc) is 0.918. The molecule has 0 unspecified atom stereocenters. The zero-order valence-corrected chi connectivity index (χ0v) is 2.85. The van der Waals surface area contributed by atoms with E-state index >= 15 is 0 Å². The van der Waals surface area contributed by atoms with Gasteiger partial charge in [0.25, 0.3) is 0 Å². The predicted molar refractivity (Wildman–Crippen MR) is 3.30 cm³/mol. The van der Waals surface area contributed by atoms with E-state index in [1.165, 1.54) is 5.15 Å². The third-order valence-corrected chi connectivity index (χ3v) is 0. The second-order valence-electron chi connectivity index (χ2n) is 0.0583. The van der Waals surface area contributed by atoms with Crippen LogP contribution in [0, 0.1) is 0 Å². The Bertz CT molecular complexity index is 6.00. The Labute approximate surface area is 32.5 Å². The van der Waals surface area contributed by atoms with Crippen LogP contribution in [0.25, 0.3) is 0 Å². The van der Waals surface area contributed by atoms with E-state index in [9.17, 15) is 0 Å². The van der Waals surface area contributed by atoms with Crippen LogP contribution in [0.1, 0.15) is 0 Å². The van der Waals surface area contributed by atoms with Gasteiger partial charge in [-0.05, 0) is 9.05 Å².